The van der Waals surface area contributed by atoms with Gasteiger partial charge in [0.2, 0.25) is 0 Å². The number of nitrogens with zero attached hydrogens (tertiary/aromatic N) is 1. The molecule has 1 N–H and O–H groups in total. The Bertz CT molecular complexity index is 732. The molecule has 0 radical (unpaired) electrons. The molecule has 0 bridgehead atoms. The number of hydrogen-bond donors (Lipinski definition) is 1. The van der Waals surface area contributed by atoms with Crippen molar-refractivity contribution in [3.8, 4) is 17.0 Å². The van der Waals surface area contributed by atoms with E-state index in [1.807, 2.05) is 36.4 Å². The van der Waals surface area contributed by atoms with Gasteiger partial charge in [-0.2, -0.15) is 5.10 Å². The second-order valence-corrected chi connectivity index (χ2v) is 5.20. The first-order valence-electron chi connectivity index (χ1n) is 7.02. The molecule has 0 aliphatic heterocycles. The van der Waals surface area contributed by atoms with Crippen LogP contribution < -0.4 is 4.74 Å². The van der Waals surface area contributed by atoms with Crippen LogP contribution in [0, 0.1) is 13.8 Å². The fourth-order valence-corrected chi connectivity index (χ4v) is 2.21. The SMILES string of the molecule is Cc1ccc(C)c(OCc2cc(-c3ccccc3)n[nH]2)c1. The lowest BCUT2D eigenvalue weighted by atomic mass is 10.1. The first-order valence-corrected chi connectivity index (χ1v) is 7.02. The highest BCUT2D eigenvalue weighted by Gasteiger charge is 2.05. The zero-order chi connectivity index (χ0) is 14.7. The lowest BCUT2D eigenvalue weighted by molar-refractivity contribution is 0.299. The Labute approximate surface area is 124 Å². The van der Waals surface area contributed by atoms with E-state index in [0.29, 0.717) is 6.61 Å². The summed E-state index contributed by atoms with van der Waals surface area (Å²) in [6.07, 6.45) is 0. The van der Waals surface area contributed by atoms with Crippen LogP contribution in [0.1, 0.15) is 16.8 Å². The smallest absolute Gasteiger partial charge is 0.130 e. The average Bonchev–Trinajstić information content (AvgIpc) is 2.98. The van der Waals surface area contributed by atoms with Gasteiger partial charge in [-0.15, -0.1) is 0 Å². The van der Waals surface area contributed by atoms with Gasteiger partial charge in [-0.25, -0.2) is 0 Å². The summed E-state index contributed by atoms with van der Waals surface area (Å²) < 4.78 is 5.88. The highest BCUT2D eigenvalue weighted by atomic mass is 16.5. The number of ether oxygens (including phenoxy) is 1. The number of aromatic amines is 1. The topological polar surface area (TPSA) is 37.9 Å². The zero-order valence-electron chi connectivity index (χ0n) is 12.3. The Morgan fingerprint density at radius 2 is 1.81 bits per heavy atom. The molecular weight excluding hydrogens is 260 g/mol. The quantitative estimate of drug-likeness (QED) is 0.773. The van der Waals surface area contributed by atoms with Gasteiger partial charge in [0.25, 0.3) is 0 Å². The van der Waals surface area contributed by atoms with Crippen LogP contribution in [0.5, 0.6) is 5.75 Å². The van der Waals surface area contributed by atoms with Crippen LogP contribution in [-0.4, -0.2) is 10.2 Å². The molecular formula is C18H18N2O. The maximum atomic E-state index is 5.88. The molecule has 1 heterocycles. The highest BCUT2D eigenvalue weighted by molar-refractivity contribution is 5.58. The molecule has 0 fully saturated rings. The second-order valence-electron chi connectivity index (χ2n) is 5.20. The number of nitrogens with one attached hydrogen (secondary N) is 1. The van der Waals surface area contributed by atoms with Crippen LogP contribution in [0.25, 0.3) is 11.3 Å². The van der Waals surface area contributed by atoms with Crippen molar-refractivity contribution in [3.05, 3.63) is 71.4 Å². The third-order valence-electron chi connectivity index (χ3n) is 3.43. The third kappa shape index (κ3) is 3.14. The minimum atomic E-state index is 0.490. The number of aryl methyl sites for hydroxylation is 2. The molecule has 0 atom stereocenters. The lowest BCUT2D eigenvalue weighted by Gasteiger charge is -2.08. The fraction of sp³-hybridized carbons (Fsp3) is 0.167. The van der Waals surface area contributed by atoms with Crippen molar-refractivity contribution in [2.75, 3.05) is 0 Å². The Morgan fingerprint density at radius 1 is 1.00 bits per heavy atom. The van der Waals surface area contributed by atoms with E-state index in [1.54, 1.807) is 0 Å². The van der Waals surface area contributed by atoms with Crippen molar-refractivity contribution in [2.45, 2.75) is 20.5 Å². The molecule has 106 valence electrons. The molecule has 2 aromatic carbocycles. The van der Waals surface area contributed by atoms with E-state index in [4.69, 9.17) is 4.74 Å². The minimum absolute atomic E-state index is 0.490. The number of H-pyrrole nitrogens is 1. The van der Waals surface area contributed by atoms with Crippen LogP contribution in [0.4, 0.5) is 0 Å². The summed E-state index contributed by atoms with van der Waals surface area (Å²) >= 11 is 0. The molecule has 0 spiro atoms. The molecule has 0 saturated carbocycles. The first-order chi connectivity index (χ1) is 10.2. The van der Waals surface area contributed by atoms with Crippen molar-refractivity contribution in [1.82, 2.24) is 10.2 Å². The van der Waals surface area contributed by atoms with Gasteiger partial charge in [0.05, 0.1) is 11.4 Å². The third-order valence-corrected chi connectivity index (χ3v) is 3.43. The maximum Gasteiger partial charge on any atom is 0.130 e. The Balaban J connectivity index is 1.72. The van der Waals surface area contributed by atoms with Gasteiger partial charge in [0.1, 0.15) is 12.4 Å². The molecule has 0 unspecified atom stereocenters. The first kappa shape index (κ1) is 13.4. The largest absolute Gasteiger partial charge is 0.487 e. The fourth-order valence-electron chi connectivity index (χ4n) is 2.21. The second kappa shape index (κ2) is 5.83. The van der Waals surface area contributed by atoms with E-state index in [-0.39, 0.29) is 0 Å². The molecule has 0 amide bonds. The van der Waals surface area contributed by atoms with Gasteiger partial charge < -0.3 is 4.74 Å². The molecule has 21 heavy (non-hydrogen) atoms. The number of aromatic nitrogens is 2. The monoisotopic (exact) mass is 278 g/mol. The molecule has 0 aliphatic rings. The van der Waals surface area contributed by atoms with Crippen LogP contribution in [-0.2, 0) is 6.61 Å². The molecule has 1 aromatic heterocycles. The molecule has 3 heteroatoms. The van der Waals surface area contributed by atoms with Gasteiger partial charge in [0.15, 0.2) is 0 Å². The summed E-state index contributed by atoms with van der Waals surface area (Å²) in [4.78, 5) is 0. The van der Waals surface area contributed by atoms with Gasteiger partial charge in [-0.05, 0) is 37.1 Å². The number of benzene rings is 2. The Morgan fingerprint density at radius 3 is 2.62 bits per heavy atom. The predicted molar refractivity (Wildman–Crippen MR) is 84.3 cm³/mol. The molecule has 0 saturated heterocycles. The number of rotatable bonds is 4. The van der Waals surface area contributed by atoms with Crippen molar-refractivity contribution in [2.24, 2.45) is 0 Å². The summed E-state index contributed by atoms with van der Waals surface area (Å²) in [6, 6.07) is 18.4. The van der Waals surface area contributed by atoms with Crippen LogP contribution in [0.2, 0.25) is 0 Å². The van der Waals surface area contributed by atoms with E-state index >= 15 is 0 Å². The van der Waals surface area contributed by atoms with E-state index in [1.165, 1.54) is 5.56 Å². The maximum absolute atomic E-state index is 5.88. The zero-order valence-corrected chi connectivity index (χ0v) is 12.3. The van der Waals surface area contributed by atoms with E-state index < -0.39 is 0 Å². The summed E-state index contributed by atoms with van der Waals surface area (Å²) in [5, 5.41) is 7.37. The minimum Gasteiger partial charge on any atom is -0.487 e. The van der Waals surface area contributed by atoms with E-state index in [9.17, 15) is 0 Å². The number of hydrogen-bond acceptors (Lipinski definition) is 2. The highest BCUT2D eigenvalue weighted by Crippen LogP contribution is 2.21. The summed E-state index contributed by atoms with van der Waals surface area (Å²) in [5.41, 5.74) is 5.35. The standard InChI is InChI=1S/C18H18N2O/c1-13-8-9-14(2)18(10-13)21-12-16-11-17(20-19-16)15-6-4-3-5-7-15/h3-11H,12H2,1-2H3,(H,19,20). The lowest BCUT2D eigenvalue weighted by Crippen LogP contribution is -1.97. The Kier molecular flexibility index (Phi) is 3.73. The van der Waals surface area contributed by atoms with E-state index in [2.05, 4.69) is 42.2 Å². The van der Waals surface area contributed by atoms with Crippen molar-refractivity contribution in [1.29, 1.82) is 0 Å². The summed E-state index contributed by atoms with van der Waals surface area (Å²) in [7, 11) is 0. The molecule has 3 nitrogen and oxygen atoms in total. The van der Waals surface area contributed by atoms with E-state index in [0.717, 1.165) is 28.3 Å². The van der Waals surface area contributed by atoms with Crippen molar-refractivity contribution < 1.29 is 4.74 Å². The van der Waals surface area contributed by atoms with Crippen LogP contribution >= 0.6 is 0 Å². The predicted octanol–water partition coefficient (Wildman–Crippen LogP) is 4.27. The van der Waals surface area contributed by atoms with Crippen LogP contribution in [0.3, 0.4) is 0 Å². The molecule has 3 aromatic rings. The average molecular weight is 278 g/mol. The summed E-state index contributed by atoms with van der Waals surface area (Å²) in [5.74, 6) is 0.922. The van der Waals surface area contributed by atoms with Crippen molar-refractivity contribution in [3.63, 3.8) is 0 Å². The van der Waals surface area contributed by atoms with Crippen molar-refractivity contribution >= 4 is 0 Å². The van der Waals surface area contributed by atoms with Gasteiger partial charge in [-0.1, -0.05) is 42.5 Å². The Hall–Kier alpha value is -2.55. The normalized spacial score (nSPS) is 10.6. The van der Waals surface area contributed by atoms with Gasteiger partial charge in [-0.3, -0.25) is 5.10 Å². The van der Waals surface area contributed by atoms with Crippen LogP contribution in [0.15, 0.2) is 54.6 Å². The summed E-state index contributed by atoms with van der Waals surface area (Å²) in [6.45, 7) is 4.61. The van der Waals surface area contributed by atoms with Gasteiger partial charge in [0, 0.05) is 5.56 Å². The molecule has 0 aliphatic carbocycles. The molecule has 3 rings (SSSR count). The van der Waals surface area contributed by atoms with Gasteiger partial charge >= 0.3 is 0 Å².